The number of rotatable bonds is 0. The van der Waals surface area contributed by atoms with E-state index < -0.39 is 0 Å². The maximum Gasteiger partial charge on any atom is -0.00642 e. The van der Waals surface area contributed by atoms with Crippen LogP contribution in [-0.4, -0.2) is 0 Å². The highest BCUT2D eigenvalue weighted by atomic mass is 14.3. The minimum atomic E-state index is 1.32. The Morgan fingerprint density at radius 2 is 0.607 bits per heavy atom. The lowest BCUT2D eigenvalue weighted by Crippen LogP contribution is -2.03. The maximum atomic E-state index is 2.29. The van der Waals surface area contributed by atoms with E-state index >= 15 is 0 Å². The lowest BCUT2D eigenvalue weighted by molar-refractivity contribution is 1.34. The second kappa shape index (κ2) is 6.21. The summed E-state index contributed by atoms with van der Waals surface area (Å²) in [7, 11) is 0. The Morgan fingerprint density at radius 1 is 0.321 bits per heavy atom. The molecule has 0 unspecified atom stereocenters. The highest BCUT2D eigenvalue weighted by Gasteiger charge is 2.25. The average molecular weight is 361 g/mol. The SMILES string of the molecule is Cc1ccc(C)c2c1-c1ccccc1-c1ccccc1-c1c(C)ccc(C)c1-2. The van der Waals surface area contributed by atoms with Gasteiger partial charge in [0.1, 0.15) is 0 Å². The van der Waals surface area contributed by atoms with Gasteiger partial charge in [-0.1, -0.05) is 72.8 Å². The van der Waals surface area contributed by atoms with Gasteiger partial charge in [-0.2, -0.15) is 0 Å². The van der Waals surface area contributed by atoms with Crippen molar-refractivity contribution >= 4 is 0 Å². The summed E-state index contributed by atoms with van der Waals surface area (Å²) >= 11 is 0. The molecule has 0 N–H and O–H groups in total. The van der Waals surface area contributed by atoms with Gasteiger partial charge >= 0.3 is 0 Å². The molecule has 0 heterocycles. The van der Waals surface area contributed by atoms with Crippen molar-refractivity contribution in [2.75, 3.05) is 0 Å². The van der Waals surface area contributed by atoms with E-state index in [0.29, 0.717) is 0 Å². The van der Waals surface area contributed by atoms with E-state index in [2.05, 4.69) is 100 Å². The summed E-state index contributed by atoms with van der Waals surface area (Å²) in [5.74, 6) is 0. The fourth-order valence-electron chi connectivity index (χ4n) is 4.83. The van der Waals surface area contributed by atoms with E-state index in [1.807, 2.05) is 0 Å². The summed E-state index contributed by atoms with van der Waals surface area (Å²) in [5.41, 5.74) is 16.2. The molecule has 0 saturated carbocycles. The molecule has 0 heteroatoms. The summed E-state index contributed by atoms with van der Waals surface area (Å²) in [5, 5.41) is 0. The third kappa shape index (κ3) is 2.31. The van der Waals surface area contributed by atoms with Gasteiger partial charge < -0.3 is 0 Å². The average Bonchev–Trinajstić information content (AvgIpc) is 2.70. The monoisotopic (exact) mass is 360 g/mol. The van der Waals surface area contributed by atoms with Gasteiger partial charge in [-0.15, -0.1) is 0 Å². The molecule has 5 rings (SSSR count). The minimum absolute atomic E-state index is 1.32. The lowest BCUT2D eigenvalue weighted by atomic mass is 9.76. The molecule has 0 atom stereocenters. The Labute approximate surface area is 167 Å². The second-order valence-corrected chi connectivity index (χ2v) is 7.99. The molecule has 0 fully saturated rings. The van der Waals surface area contributed by atoms with Gasteiger partial charge in [0.25, 0.3) is 0 Å². The molecular formula is C28H24. The van der Waals surface area contributed by atoms with E-state index in [9.17, 15) is 0 Å². The first-order chi connectivity index (χ1) is 13.6. The van der Waals surface area contributed by atoms with Gasteiger partial charge in [-0.05, 0) is 94.5 Å². The molecule has 0 bridgehead atoms. The zero-order chi connectivity index (χ0) is 19.4. The van der Waals surface area contributed by atoms with Crippen molar-refractivity contribution in [3.8, 4) is 44.5 Å². The molecule has 0 spiro atoms. The number of aryl methyl sites for hydroxylation is 4. The molecule has 0 nitrogen and oxygen atoms in total. The molecule has 0 aromatic heterocycles. The first-order valence-corrected chi connectivity index (χ1v) is 9.98. The van der Waals surface area contributed by atoms with Crippen molar-refractivity contribution in [2.24, 2.45) is 0 Å². The normalized spacial score (nSPS) is 11.6. The van der Waals surface area contributed by atoms with Gasteiger partial charge in [0.2, 0.25) is 0 Å². The largest absolute Gasteiger partial charge is 0.0616 e. The second-order valence-electron chi connectivity index (χ2n) is 7.99. The molecular weight excluding hydrogens is 336 g/mol. The summed E-state index contributed by atoms with van der Waals surface area (Å²) in [4.78, 5) is 0. The highest BCUT2D eigenvalue weighted by Crippen LogP contribution is 2.51. The fraction of sp³-hybridized carbons (Fsp3) is 0.143. The zero-order valence-corrected chi connectivity index (χ0v) is 16.9. The van der Waals surface area contributed by atoms with Gasteiger partial charge in [0.15, 0.2) is 0 Å². The van der Waals surface area contributed by atoms with E-state index in [-0.39, 0.29) is 0 Å². The molecule has 4 aromatic rings. The van der Waals surface area contributed by atoms with Crippen LogP contribution in [0.15, 0.2) is 72.8 Å². The fourth-order valence-corrected chi connectivity index (χ4v) is 4.83. The van der Waals surface area contributed by atoms with E-state index in [4.69, 9.17) is 0 Å². The third-order valence-electron chi connectivity index (χ3n) is 6.18. The summed E-state index contributed by atoms with van der Waals surface area (Å²) in [6, 6.07) is 26.8. The summed E-state index contributed by atoms with van der Waals surface area (Å²) in [6.45, 7) is 8.99. The first kappa shape index (κ1) is 17.0. The van der Waals surface area contributed by atoms with Crippen LogP contribution < -0.4 is 0 Å². The van der Waals surface area contributed by atoms with Crippen molar-refractivity contribution in [1.29, 1.82) is 0 Å². The van der Waals surface area contributed by atoms with Gasteiger partial charge in [-0.25, -0.2) is 0 Å². The zero-order valence-electron chi connectivity index (χ0n) is 16.9. The molecule has 1 aliphatic carbocycles. The first-order valence-electron chi connectivity index (χ1n) is 9.98. The van der Waals surface area contributed by atoms with E-state index in [0.717, 1.165) is 0 Å². The molecule has 0 radical (unpaired) electrons. The van der Waals surface area contributed by atoms with Gasteiger partial charge in [-0.3, -0.25) is 0 Å². The molecule has 28 heavy (non-hydrogen) atoms. The Hall–Kier alpha value is -3.12. The van der Waals surface area contributed by atoms with Crippen LogP contribution in [0.4, 0.5) is 0 Å². The highest BCUT2D eigenvalue weighted by molar-refractivity contribution is 6.06. The Kier molecular flexibility index (Phi) is 3.77. The van der Waals surface area contributed by atoms with Crippen LogP contribution in [-0.2, 0) is 0 Å². The maximum absolute atomic E-state index is 2.29. The predicted octanol–water partition coefficient (Wildman–Crippen LogP) is 7.90. The van der Waals surface area contributed by atoms with Crippen molar-refractivity contribution in [2.45, 2.75) is 27.7 Å². The summed E-state index contributed by atoms with van der Waals surface area (Å²) < 4.78 is 0. The minimum Gasteiger partial charge on any atom is -0.0616 e. The quantitative estimate of drug-likeness (QED) is 0.263. The van der Waals surface area contributed by atoms with Gasteiger partial charge in [0, 0.05) is 0 Å². The number of fused-ring (bicyclic) bond motifs is 8. The predicted molar refractivity (Wildman–Crippen MR) is 121 cm³/mol. The van der Waals surface area contributed by atoms with Crippen LogP contribution >= 0.6 is 0 Å². The van der Waals surface area contributed by atoms with Crippen LogP contribution in [0.3, 0.4) is 0 Å². The van der Waals surface area contributed by atoms with Crippen LogP contribution in [0.2, 0.25) is 0 Å². The topological polar surface area (TPSA) is 0 Å². The Morgan fingerprint density at radius 3 is 0.964 bits per heavy atom. The standard InChI is InChI=1S/C28H24/c1-17-13-15-19(3)27-25(17)23-11-7-5-9-21(23)22-10-6-8-12-24(22)26-18(2)14-16-20(4)28(26)27/h5-16H,1-4H3. The van der Waals surface area contributed by atoms with Crippen molar-refractivity contribution in [3.05, 3.63) is 95.1 Å². The Balaban J connectivity index is 2.10. The van der Waals surface area contributed by atoms with E-state index in [1.54, 1.807) is 0 Å². The van der Waals surface area contributed by atoms with Crippen molar-refractivity contribution in [1.82, 2.24) is 0 Å². The van der Waals surface area contributed by atoms with Crippen molar-refractivity contribution < 1.29 is 0 Å². The van der Waals surface area contributed by atoms with Crippen LogP contribution in [0.1, 0.15) is 22.3 Å². The van der Waals surface area contributed by atoms with Crippen molar-refractivity contribution in [3.63, 3.8) is 0 Å². The molecule has 1 aliphatic rings. The van der Waals surface area contributed by atoms with Crippen LogP contribution in [0.5, 0.6) is 0 Å². The summed E-state index contributed by atoms with van der Waals surface area (Å²) in [6.07, 6.45) is 0. The number of benzene rings is 4. The van der Waals surface area contributed by atoms with Gasteiger partial charge in [0.05, 0.1) is 0 Å². The molecule has 0 saturated heterocycles. The number of hydrogen-bond acceptors (Lipinski definition) is 0. The number of hydrogen-bond donors (Lipinski definition) is 0. The Bertz CT molecular complexity index is 1140. The van der Waals surface area contributed by atoms with Crippen LogP contribution in [0, 0.1) is 27.7 Å². The van der Waals surface area contributed by atoms with E-state index in [1.165, 1.54) is 66.8 Å². The molecule has 0 amide bonds. The molecule has 136 valence electrons. The smallest absolute Gasteiger partial charge is 0.00642 e. The lowest BCUT2D eigenvalue weighted by Gasteiger charge is -2.27. The third-order valence-corrected chi connectivity index (χ3v) is 6.18. The molecule has 4 aromatic carbocycles. The molecule has 0 aliphatic heterocycles. The van der Waals surface area contributed by atoms with Crippen LogP contribution in [0.25, 0.3) is 44.5 Å².